The van der Waals surface area contributed by atoms with E-state index in [4.69, 9.17) is 9.84 Å². The van der Waals surface area contributed by atoms with Gasteiger partial charge in [-0.2, -0.15) is 5.10 Å². The van der Waals surface area contributed by atoms with E-state index < -0.39 is 0 Å². The normalized spacial score (nSPS) is 22.5. The second kappa shape index (κ2) is 5.04. The van der Waals surface area contributed by atoms with E-state index in [0.717, 1.165) is 25.3 Å². The van der Waals surface area contributed by atoms with E-state index in [0.29, 0.717) is 6.61 Å². The molecule has 1 atom stereocenters. The van der Waals surface area contributed by atoms with Crippen molar-refractivity contribution in [2.24, 2.45) is 0 Å². The van der Waals surface area contributed by atoms with Crippen LogP contribution in [0.25, 0.3) is 0 Å². The first-order chi connectivity index (χ1) is 7.40. The first-order valence-corrected chi connectivity index (χ1v) is 5.15. The van der Waals surface area contributed by atoms with Gasteiger partial charge in [0.15, 0.2) is 5.82 Å². The minimum Gasteiger partial charge on any atom is -0.394 e. The number of aliphatic hydroxyl groups is 1. The van der Waals surface area contributed by atoms with Crippen LogP contribution < -0.4 is 4.90 Å². The number of hydrogen-bond donors (Lipinski definition) is 1. The summed E-state index contributed by atoms with van der Waals surface area (Å²) in [6.45, 7) is 2.37. The fraction of sp³-hybridized carbons (Fsp3) is 0.600. The zero-order chi connectivity index (χ0) is 10.5. The maximum absolute atomic E-state index is 9.00. The molecule has 1 aliphatic heterocycles. The average Bonchev–Trinajstić information content (AvgIpc) is 2.55. The highest BCUT2D eigenvalue weighted by Crippen LogP contribution is 2.13. The Labute approximate surface area is 88.7 Å². The van der Waals surface area contributed by atoms with Crippen LogP contribution in [0.3, 0.4) is 0 Å². The van der Waals surface area contributed by atoms with Gasteiger partial charge in [0, 0.05) is 19.3 Å². The predicted octanol–water partition coefficient (Wildman–Crippen LogP) is 0.0642. The SMILES string of the molecule is OCC1CCN(c2cccnn2)CCO1. The fourth-order valence-corrected chi connectivity index (χ4v) is 1.66. The van der Waals surface area contributed by atoms with Gasteiger partial charge in [-0.15, -0.1) is 5.10 Å². The molecule has 82 valence electrons. The van der Waals surface area contributed by atoms with Crippen molar-refractivity contribution in [3.05, 3.63) is 18.3 Å². The number of aliphatic hydroxyl groups excluding tert-OH is 1. The summed E-state index contributed by atoms with van der Waals surface area (Å²) in [5.74, 6) is 0.875. The van der Waals surface area contributed by atoms with Gasteiger partial charge in [0.05, 0.1) is 19.3 Å². The van der Waals surface area contributed by atoms with Crippen LogP contribution in [0.15, 0.2) is 18.3 Å². The zero-order valence-corrected chi connectivity index (χ0v) is 8.54. The molecule has 0 bridgehead atoms. The Bertz CT molecular complexity index is 294. The highest BCUT2D eigenvalue weighted by atomic mass is 16.5. The third-order valence-corrected chi connectivity index (χ3v) is 2.52. The van der Waals surface area contributed by atoms with Gasteiger partial charge >= 0.3 is 0 Å². The molecule has 1 aliphatic rings. The Hall–Kier alpha value is -1.20. The average molecular weight is 209 g/mol. The second-order valence-electron chi connectivity index (χ2n) is 3.53. The lowest BCUT2D eigenvalue weighted by molar-refractivity contribution is 0.0222. The van der Waals surface area contributed by atoms with Crippen LogP contribution in [0.2, 0.25) is 0 Å². The molecule has 0 aromatic carbocycles. The molecule has 5 heteroatoms. The standard InChI is InChI=1S/C10H15N3O2/c14-8-9-3-5-13(6-7-15-9)10-2-1-4-11-12-10/h1-2,4,9,14H,3,5-8H2. The number of aromatic nitrogens is 2. The molecular formula is C10H15N3O2. The van der Waals surface area contributed by atoms with Crippen LogP contribution in [0.1, 0.15) is 6.42 Å². The van der Waals surface area contributed by atoms with E-state index in [1.165, 1.54) is 0 Å². The Morgan fingerprint density at radius 3 is 3.20 bits per heavy atom. The predicted molar refractivity (Wildman–Crippen MR) is 55.7 cm³/mol. The number of nitrogens with zero attached hydrogens (tertiary/aromatic N) is 3. The van der Waals surface area contributed by atoms with Crippen molar-refractivity contribution < 1.29 is 9.84 Å². The van der Waals surface area contributed by atoms with E-state index >= 15 is 0 Å². The molecule has 5 nitrogen and oxygen atoms in total. The van der Waals surface area contributed by atoms with Gasteiger partial charge in [0.1, 0.15) is 0 Å². The van der Waals surface area contributed by atoms with Gasteiger partial charge < -0.3 is 14.7 Å². The number of rotatable bonds is 2. The summed E-state index contributed by atoms with van der Waals surface area (Å²) in [6, 6.07) is 3.81. The monoisotopic (exact) mass is 209 g/mol. The lowest BCUT2D eigenvalue weighted by atomic mass is 10.2. The third kappa shape index (κ3) is 2.64. The van der Waals surface area contributed by atoms with Crippen LogP contribution in [0, 0.1) is 0 Å². The van der Waals surface area contributed by atoms with Gasteiger partial charge in [-0.1, -0.05) is 0 Å². The molecule has 2 rings (SSSR count). The Balaban J connectivity index is 2.00. The minimum atomic E-state index is -0.0355. The van der Waals surface area contributed by atoms with Crippen molar-refractivity contribution in [2.75, 3.05) is 31.2 Å². The summed E-state index contributed by atoms with van der Waals surface area (Å²) in [5.41, 5.74) is 0. The molecule has 0 aliphatic carbocycles. The first kappa shape index (κ1) is 10.3. The molecule has 15 heavy (non-hydrogen) atoms. The van der Waals surface area contributed by atoms with E-state index in [1.807, 2.05) is 12.1 Å². The molecule has 0 saturated carbocycles. The van der Waals surface area contributed by atoms with E-state index in [1.54, 1.807) is 6.20 Å². The largest absolute Gasteiger partial charge is 0.394 e. The lowest BCUT2D eigenvalue weighted by Crippen LogP contribution is -2.27. The molecule has 1 unspecified atom stereocenters. The summed E-state index contributed by atoms with van der Waals surface area (Å²) >= 11 is 0. The van der Waals surface area contributed by atoms with Crippen molar-refractivity contribution in [3.63, 3.8) is 0 Å². The summed E-state index contributed by atoms with van der Waals surface area (Å²) in [5, 5.41) is 16.9. The van der Waals surface area contributed by atoms with Gasteiger partial charge in [0.2, 0.25) is 0 Å². The maximum Gasteiger partial charge on any atom is 0.151 e. The Kier molecular flexibility index (Phi) is 3.47. The quantitative estimate of drug-likeness (QED) is 0.746. The number of hydrogen-bond acceptors (Lipinski definition) is 5. The molecule has 0 spiro atoms. The van der Waals surface area contributed by atoms with Crippen molar-refractivity contribution >= 4 is 5.82 Å². The third-order valence-electron chi connectivity index (χ3n) is 2.52. The first-order valence-electron chi connectivity index (χ1n) is 5.15. The molecule has 1 saturated heterocycles. The van der Waals surface area contributed by atoms with Crippen LogP contribution >= 0.6 is 0 Å². The summed E-state index contributed by atoms with van der Waals surface area (Å²) in [6.07, 6.45) is 2.45. The second-order valence-corrected chi connectivity index (χ2v) is 3.53. The number of ether oxygens (including phenoxy) is 1. The van der Waals surface area contributed by atoms with Crippen LogP contribution in [0.5, 0.6) is 0 Å². The Morgan fingerprint density at radius 2 is 2.47 bits per heavy atom. The smallest absolute Gasteiger partial charge is 0.151 e. The van der Waals surface area contributed by atoms with E-state index in [-0.39, 0.29) is 12.7 Å². The van der Waals surface area contributed by atoms with Crippen LogP contribution in [0.4, 0.5) is 5.82 Å². The minimum absolute atomic E-state index is 0.0355. The van der Waals surface area contributed by atoms with Crippen molar-refractivity contribution in [2.45, 2.75) is 12.5 Å². The topological polar surface area (TPSA) is 58.5 Å². The molecule has 0 amide bonds. The van der Waals surface area contributed by atoms with Gasteiger partial charge in [-0.05, 0) is 18.6 Å². The van der Waals surface area contributed by atoms with Crippen LogP contribution in [-0.2, 0) is 4.74 Å². The zero-order valence-electron chi connectivity index (χ0n) is 8.54. The lowest BCUT2D eigenvalue weighted by Gasteiger charge is -2.19. The summed E-state index contributed by atoms with van der Waals surface area (Å²) < 4.78 is 5.46. The molecule has 1 N–H and O–H groups in total. The van der Waals surface area contributed by atoms with Crippen molar-refractivity contribution in [1.29, 1.82) is 0 Å². The highest BCUT2D eigenvalue weighted by Gasteiger charge is 2.17. The summed E-state index contributed by atoms with van der Waals surface area (Å²) in [4.78, 5) is 2.13. The van der Waals surface area contributed by atoms with Gasteiger partial charge in [-0.3, -0.25) is 0 Å². The highest BCUT2D eigenvalue weighted by molar-refractivity contribution is 5.36. The summed E-state index contributed by atoms with van der Waals surface area (Å²) in [7, 11) is 0. The van der Waals surface area contributed by atoms with Gasteiger partial charge in [0.25, 0.3) is 0 Å². The molecule has 1 fully saturated rings. The number of anilines is 1. The Morgan fingerprint density at radius 1 is 1.53 bits per heavy atom. The van der Waals surface area contributed by atoms with Gasteiger partial charge in [-0.25, -0.2) is 0 Å². The van der Waals surface area contributed by atoms with Crippen molar-refractivity contribution in [3.8, 4) is 0 Å². The molecule has 1 aromatic heterocycles. The van der Waals surface area contributed by atoms with E-state index in [9.17, 15) is 0 Å². The fourth-order valence-electron chi connectivity index (χ4n) is 1.66. The molecule has 2 heterocycles. The molecule has 1 aromatic rings. The van der Waals surface area contributed by atoms with E-state index in [2.05, 4.69) is 15.1 Å². The molecular weight excluding hydrogens is 194 g/mol. The maximum atomic E-state index is 9.00. The van der Waals surface area contributed by atoms with Crippen molar-refractivity contribution in [1.82, 2.24) is 10.2 Å². The van der Waals surface area contributed by atoms with Crippen LogP contribution in [-0.4, -0.2) is 47.7 Å². The molecule has 0 radical (unpaired) electrons.